The van der Waals surface area contributed by atoms with Gasteiger partial charge in [-0.15, -0.1) is 0 Å². The topological polar surface area (TPSA) is 38.3 Å². The second-order valence-electron chi connectivity index (χ2n) is 4.07. The number of piperidine rings is 1. The van der Waals surface area contributed by atoms with E-state index in [1.165, 1.54) is 0 Å². The Balaban J connectivity index is 1.73. The second kappa shape index (κ2) is 5.66. The van der Waals surface area contributed by atoms with Gasteiger partial charge in [0.1, 0.15) is 11.5 Å². The summed E-state index contributed by atoms with van der Waals surface area (Å²) < 4.78 is 5.58. The van der Waals surface area contributed by atoms with Crippen LogP contribution in [0.4, 0.5) is 0 Å². The number of carbonyl (C=O) groups is 1. The van der Waals surface area contributed by atoms with Gasteiger partial charge in [0.05, 0.1) is 6.61 Å². The van der Waals surface area contributed by atoms with Crippen LogP contribution in [0.15, 0.2) is 30.3 Å². The van der Waals surface area contributed by atoms with Crippen molar-refractivity contribution in [3.05, 3.63) is 30.3 Å². The maximum Gasteiger partial charge on any atom is 0.138 e. The Hall–Kier alpha value is -1.35. The van der Waals surface area contributed by atoms with Crippen LogP contribution in [0.2, 0.25) is 0 Å². The molecule has 0 spiro atoms. The molecule has 1 heterocycles. The Morgan fingerprint density at radius 3 is 2.88 bits per heavy atom. The highest BCUT2D eigenvalue weighted by molar-refractivity contribution is 5.82. The number of carbonyl (C=O) groups excluding carboxylic acids is 1. The quantitative estimate of drug-likeness (QED) is 0.836. The zero-order valence-corrected chi connectivity index (χ0v) is 9.32. The molecule has 1 atom stereocenters. The summed E-state index contributed by atoms with van der Waals surface area (Å²) in [5.74, 6) is 1.38. The lowest BCUT2D eigenvalue weighted by Crippen LogP contribution is -2.37. The Morgan fingerprint density at radius 2 is 2.12 bits per heavy atom. The monoisotopic (exact) mass is 219 g/mol. The number of ether oxygens (including phenoxy) is 1. The van der Waals surface area contributed by atoms with Crippen LogP contribution in [0.3, 0.4) is 0 Å². The molecular weight excluding hydrogens is 202 g/mol. The van der Waals surface area contributed by atoms with E-state index in [-0.39, 0.29) is 5.92 Å². The first-order chi connectivity index (χ1) is 7.86. The minimum absolute atomic E-state index is 0.137. The summed E-state index contributed by atoms with van der Waals surface area (Å²) in [6, 6.07) is 9.72. The lowest BCUT2D eigenvalue weighted by Gasteiger charge is -2.21. The van der Waals surface area contributed by atoms with Crippen molar-refractivity contribution in [1.29, 1.82) is 0 Å². The number of para-hydroxylation sites is 1. The first-order valence-electron chi connectivity index (χ1n) is 5.77. The summed E-state index contributed by atoms with van der Waals surface area (Å²) in [5, 5.41) is 3.24. The molecule has 1 aliphatic rings. The van der Waals surface area contributed by atoms with E-state index in [2.05, 4.69) is 5.32 Å². The zero-order valence-electron chi connectivity index (χ0n) is 9.32. The van der Waals surface area contributed by atoms with E-state index >= 15 is 0 Å². The van der Waals surface area contributed by atoms with Gasteiger partial charge in [-0.1, -0.05) is 18.2 Å². The van der Waals surface area contributed by atoms with Gasteiger partial charge in [-0.2, -0.15) is 0 Å². The number of benzene rings is 1. The predicted molar refractivity (Wildman–Crippen MR) is 62.5 cm³/mol. The smallest absolute Gasteiger partial charge is 0.138 e. The van der Waals surface area contributed by atoms with Gasteiger partial charge in [-0.3, -0.25) is 4.79 Å². The standard InChI is InChI=1S/C13H17NO2/c15-13-6-8-14-10-11(13)7-9-16-12-4-2-1-3-5-12/h1-5,11,14H,6-10H2. The second-order valence-corrected chi connectivity index (χ2v) is 4.07. The number of hydrogen-bond donors (Lipinski definition) is 1. The Morgan fingerprint density at radius 1 is 1.31 bits per heavy atom. The van der Waals surface area contributed by atoms with E-state index in [1.807, 2.05) is 30.3 Å². The van der Waals surface area contributed by atoms with E-state index in [1.54, 1.807) is 0 Å². The Bertz CT molecular complexity index is 337. The van der Waals surface area contributed by atoms with Crippen LogP contribution in [0, 0.1) is 5.92 Å². The first kappa shape index (κ1) is 11.1. The molecular formula is C13H17NO2. The van der Waals surface area contributed by atoms with Gasteiger partial charge >= 0.3 is 0 Å². The van der Waals surface area contributed by atoms with Crippen molar-refractivity contribution < 1.29 is 9.53 Å². The molecule has 86 valence electrons. The highest BCUT2D eigenvalue weighted by atomic mass is 16.5. The molecule has 3 heteroatoms. The summed E-state index contributed by atoms with van der Waals surface area (Å²) in [5.41, 5.74) is 0. The highest BCUT2D eigenvalue weighted by Crippen LogP contribution is 2.13. The third-order valence-corrected chi connectivity index (χ3v) is 2.87. The summed E-state index contributed by atoms with van der Waals surface area (Å²) in [7, 11) is 0. The maximum atomic E-state index is 11.5. The molecule has 1 aromatic carbocycles. The van der Waals surface area contributed by atoms with Crippen molar-refractivity contribution >= 4 is 5.78 Å². The van der Waals surface area contributed by atoms with Crippen LogP contribution in [-0.4, -0.2) is 25.5 Å². The number of Topliss-reactive ketones (excluding diaryl/α,β-unsaturated/α-hetero) is 1. The average Bonchev–Trinajstić information content (AvgIpc) is 2.33. The van der Waals surface area contributed by atoms with Crippen molar-refractivity contribution in [1.82, 2.24) is 5.32 Å². The number of ketones is 1. The van der Waals surface area contributed by atoms with E-state index in [4.69, 9.17) is 4.74 Å². The minimum Gasteiger partial charge on any atom is -0.494 e. The minimum atomic E-state index is 0.137. The van der Waals surface area contributed by atoms with E-state index in [0.717, 1.165) is 25.3 Å². The summed E-state index contributed by atoms with van der Waals surface area (Å²) in [6.07, 6.45) is 1.47. The molecule has 0 bridgehead atoms. The molecule has 0 radical (unpaired) electrons. The molecule has 1 N–H and O–H groups in total. The summed E-state index contributed by atoms with van der Waals surface area (Å²) >= 11 is 0. The number of hydrogen-bond acceptors (Lipinski definition) is 3. The van der Waals surface area contributed by atoms with Gasteiger partial charge in [0, 0.05) is 25.4 Å². The van der Waals surface area contributed by atoms with E-state index in [9.17, 15) is 4.79 Å². The SMILES string of the molecule is O=C1CCNCC1CCOc1ccccc1. The van der Waals surface area contributed by atoms with Gasteiger partial charge in [0.25, 0.3) is 0 Å². The van der Waals surface area contributed by atoms with Crippen molar-refractivity contribution in [2.24, 2.45) is 5.92 Å². The molecule has 0 saturated carbocycles. The van der Waals surface area contributed by atoms with E-state index in [0.29, 0.717) is 18.8 Å². The van der Waals surface area contributed by atoms with Crippen LogP contribution in [0.5, 0.6) is 5.75 Å². The van der Waals surface area contributed by atoms with E-state index < -0.39 is 0 Å². The third-order valence-electron chi connectivity index (χ3n) is 2.87. The van der Waals surface area contributed by atoms with Crippen molar-refractivity contribution in [2.75, 3.05) is 19.7 Å². The highest BCUT2D eigenvalue weighted by Gasteiger charge is 2.21. The molecule has 1 aromatic rings. The van der Waals surface area contributed by atoms with Crippen molar-refractivity contribution in [2.45, 2.75) is 12.8 Å². The lowest BCUT2D eigenvalue weighted by molar-refractivity contribution is -0.124. The lowest BCUT2D eigenvalue weighted by atomic mass is 9.95. The molecule has 0 aromatic heterocycles. The number of rotatable bonds is 4. The molecule has 0 aliphatic carbocycles. The largest absolute Gasteiger partial charge is 0.494 e. The fourth-order valence-electron chi connectivity index (χ4n) is 1.90. The van der Waals surface area contributed by atoms with Gasteiger partial charge in [-0.25, -0.2) is 0 Å². The van der Waals surface area contributed by atoms with Gasteiger partial charge in [0.2, 0.25) is 0 Å². The summed E-state index contributed by atoms with van der Waals surface area (Å²) in [6.45, 7) is 2.24. The maximum absolute atomic E-state index is 11.5. The van der Waals surface area contributed by atoms with Gasteiger partial charge < -0.3 is 10.1 Å². The van der Waals surface area contributed by atoms with Crippen LogP contribution >= 0.6 is 0 Å². The van der Waals surface area contributed by atoms with Crippen molar-refractivity contribution in [3.8, 4) is 5.75 Å². The molecule has 2 rings (SSSR count). The normalized spacial score (nSPS) is 20.8. The van der Waals surface area contributed by atoms with Gasteiger partial charge in [0.15, 0.2) is 0 Å². The summed E-state index contributed by atoms with van der Waals surface area (Å²) in [4.78, 5) is 11.5. The fourth-order valence-corrected chi connectivity index (χ4v) is 1.90. The molecule has 1 saturated heterocycles. The molecule has 1 aliphatic heterocycles. The van der Waals surface area contributed by atoms with Crippen LogP contribution in [-0.2, 0) is 4.79 Å². The average molecular weight is 219 g/mol. The van der Waals surface area contributed by atoms with Crippen molar-refractivity contribution in [3.63, 3.8) is 0 Å². The molecule has 16 heavy (non-hydrogen) atoms. The Labute approximate surface area is 95.8 Å². The molecule has 0 amide bonds. The predicted octanol–water partition coefficient (Wildman–Crippen LogP) is 1.63. The zero-order chi connectivity index (χ0) is 11.2. The molecule has 1 unspecified atom stereocenters. The fraction of sp³-hybridized carbons (Fsp3) is 0.462. The molecule has 1 fully saturated rings. The van der Waals surface area contributed by atoms with Crippen LogP contribution in [0.1, 0.15) is 12.8 Å². The number of nitrogens with one attached hydrogen (secondary N) is 1. The molecule has 3 nitrogen and oxygen atoms in total. The Kier molecular flexibility index (Phi) is 3.94. The first-order valence-corrected chi connectivity index (χ1v) is 5.77. The van der Waals surface area contributed by atoms with Crippen LogP contribution in [0.25, 0.3) is 0 Å². The van der Waals surface area contributed by atoms with Crippen LogP contribution < -0.4 is 10.1 Å². The third kappa shape index (κ3) is 3.07. The van der Waals surface area contributed by atoms with Gasteiger partial charge in [-0.05, 0) is 18.6 Å².